The van der Waals surface area contributed by atoms with Crippen molar-refractivity contribution in [3.8, 4) is 5.88 Å². The van der Waals surface area contributed by atoms with Crippen LogP contribution in [0.25, 0.3) is 0 Å². The van der Waals surface area contributed by atoms with Gasteiger partial charge in [-0.25, -0.2) is 22.8 Å². The van der Waals surface area contributed by atoms with Crippen molar-refractivity contribution in [3.05, 3.63) is 22.6 Å². The predicted octanol–water partition coefficient (Wildman–Crippen LogP) is 3.17. The fourth-order valence-corrected chi connectivity index (χ4v) is 2.34. The molecule has 0 aliphatic heterocycles. The van der Waals surface area contributed by atoms with E-state index in [9.17, 15) is 22.8 Å². The molecule has 0 aliphatic rings. The van der Waals surface area contributed by atoms with Crippen LogP contribution in [0.3, 0.4) is 0 Å². The second-order valence-corrected chi connectivity index (χ2v) is 7.31. The zero-order valence-corrected chi connectivity index (χ0v) is 16.9. The standard InChI is InChI=1S/C17H23ClF3N3O5/c1-17(2,3)29-16(27)24(7-5-22)6-4-11(13(20)21)28-14-10(19)8-9(15(25)26)12(18)23-14/h8,11,13H,4-7,22H2,1-3H3,(H,25,26)/t11-/m1/s1. The summed E-state index contributed by atoms with van der Waals surface area (Å²) in [5, 5.41) is 8.26. The lowest BCUT2D eigenvalue weighted by molar-refractivity contribution is -0.00783. The molecule has 12 heteroatoms. The van der Waals surface area contributed by atoms with E-state index in [4.69, 9.17) is 31.9 Å². The van der Waals surface area contributed by atoms with Crippen LogP contribution >= 0.6 is 11.6 Å². The minimum atomic E-state index is -3.05. The Morgan fingerprint density at radius 1 is 1.34 bits per heavy atom. The van der Waals surface area contributed by atoms with Crippen LogP contribution in [0.5, 0.6) is 5.88 Å². The second kappa shape index (κ2) is 10.5. The number of ether oxygens (including phenoxy) is 2. The van der Waals surface area contributed by atoms with E-state index in [1.807, 2.05) is 0 Å². The number of aromatic carboxylic acids is 1. The van der Waals surface area contributed by atoms with Gasteiger partial charge < -0.3 is 25.2 Å². The van der Waals surface area contributed by atoms with Crippen LogP contribution in [0.15, 0.2) is 6.07 Å². The number of amides is 1. The summed E-state index contributed by atoms with van der Waals surface area (Å²) < 4.78 is 50.8. The molecule has 0 aromatic carbocycles. The monoisotopic (exact) mass is 441 g/mol. The van der Waals surface area contributed by atoms with Crippen LogP contribution in [-0.2, 0) is 4.74 Å². The van der Waals surface area contributed by atoms with Gasteiger partial charge in [-0.05, 0) is 26.8 Å². The summed E-state index contributed by atoms with van der Waals surface area (Å²) in [5.41, 5.74) is 4.02. The van der Waals surface area contributed by atoms with Gasteiger partial charge in [-0.1, -0.05) is 11.6 Å². The maximum absolute atomic E-state index is 14.0. The summed E-state index contributed by atoms with van der Waals surface area (Å²) in [7, 11) is 0. The van der Waals surface area contributed by atoms with Gasteiger partial charge in [-0.2, -0.15) is 4.98 Å². The molecule has 0 fully saturated rings. The van der Waals surface area contributed by atoms with Crippen molar-refractivity contribution >= 4 is 23.7 Å². The molecule has 1 amide bonds. The van der Waals surface area contributed by atoms with Crippen molar-refractivity contribution in [2.75, 3.05) is 19.6 Å². The van der Waals surface area contributed by atoms with Gasteiger partial charge >= 0.3 is 12.1 Å². The zero-order valence-electron chi connectivity index (χ0n) is 16.1. The van der Waals surface area contributed by atoms with E-state index in [0.29, 0.717) is 6.07 Å². The van der Waals surface area contributed by atoms with Crippen molar-refractivity contribution in [3.63, 3.8) is 0 Å². The van der Waals surface area contributed by atoms with Crippen LogP contribution in [-0.4, -0.2) is 64.8 Å². The van der Waals surface area contributed by atoms with Gasteiger partial charge in [-0.15, -0.1) is 0 Å². The minimum Gasteiger partial charge on any atom is -0.478 e. The molecule has 0 saturated heterocycles. The van der Waals surface area contributed by atoms with E-state index in [0.717, 1.165) is 4.90 Å². The number of hydrogen-bond donors (Lipinski definition) is 2. The third-order valence-electron chi connectivity index (χ3n) is 3.41. The number of carboxylic acid groups (broad SMARTS) is 1. The molecule has 8 nitrogen and oxygen atoms in total. The quantitative estimate of drug-likeness (QED) is 0.565. The summed E-state index contributed by atoms with van der Waals surface area (Å²) in [6.45, 7) is 4.86. The predicted molar refractivity (Wildman–Crippen MR) is 98.1 cm³/mol. The molecular formula is C17H23ClF3N3O5. The zero-order chi connectivity index (χ0) is 22.4. The Kier molecular flexibility index (Phi) is 8.96. The number of carboxylic acids is 1. The number of carbonyl (C=O) groups is 2. The number of alkyl halides is 2. The maximum Gasteiger partial charge on any atom is 0.410 e. The van der Waals surface area contributed by atoms with Gasteiger partial charge in [0.15, 0.2) is 11.9 Å². The first kappa shape index (κ1) is 24.8. The molecule has 1 heterocycles. The largest absolute Gasteiger partial charge is 0.478 e. The van der Waals surface area contributed by atoms with Gasteiger partial charge in [0.05, 0.1) is 5.56 Å². The Labute approximate surface area is 170 Å². The van der Waals surface area contributed by atoms with E-state index < -0.39 is 59.0 Å². The lowest BCUT2D eigenvalue weighted by atomic mass is 10.2. The van der Waals surface area contributed by atoms with Crippen molar-refractivity contribution < 1.29 is 37.3 Å². The lowest BCUT2D eigenvalue weighted by Gasteiger charge is -2.28. The number of halogens is 4. The normalized spacial score (nSPS) is 12.6. The van der Waals surface area contributed by atoms with Gasteiger partial charge in [0.2, 0.25) is 0 Å². The molecule has 0 radical (unpaired) electrons. The summed E-state index contributed by atoms with van der Waals surface area (Å²) >= 11 is 5.62. The summed E-state index contributed by atoms with van der Waals surface area (Å²) in [5.74, 6) is -3.66. The number of nitrogens with two attached hydrogens (primary N) is 1. The molecule has 0 bridgehead atoms. The highest BCUT2D eigenvalue weighted by Gasteiger charge is 2.28. The van der Waals surface area contributed by atoms with Gasteiger partial charge in [0.25, 0.3) is 12.3 Å². The van der Waals surface area contributed by atoms with E-state index in [1.54, 1.807) is 20.8 Å². The van der Waals surface area contributed by atoms with Crippen molar-refractivity contribution in [1.29, 1.82) is 0 Å². The van der Waals surface area contributed by atoms with Gasteiger partial charge in [0, 0.05) is 26.1 Å². The molecule has 1 aromatic rings. The number of nitrogens with zero attached hydrogens (tertiary/aromatic N) is 2. The first-order chi connectivity index (χ1) is 13.4. The Bertz CT molecular complexity index is 731. The van der Waals surface area contributed by atoms with Crippen LogP contribution < -0.4 is 10.5 Å². The minimum absolute atomic E-state index is 0.0522. The highest BCUT2D eigenvalue weighted by molar-refractivity contribution is 6.32. The number of aromatic nitrogens is 1. The average molecular weight is 442 g/mol. The molecule has 164 valence electrons. The molecule has 29 heavy (non-hydrogen) atoms. The molecule has 0 saturated carbocycles. The Balaban J connectivity index is 2.91. The number of hydrogen-bond acceptors (Lipinski definition) is 6. The molecule has 0 spiro atoms. The fourth-order valence-electron chi connectivity index (χ4n) is 2.12. The van der Waals surface area contributed by atoms with E-state index in [-0.39, 0.29) is 19.6 Å². The van der Waals surface area contributed by atoms with E-state index in [1.165, 1.54) is 0 Å². The molecule has 3 N–H and O–H groups in total. The number of rotatable bonds is 9. The molecular weight excluding hydrogens is 419 g/mol. The smallest absolute Gasteiger partial charge is 0.410 e. The summed E-state index contributed by atoms with van der Waals surface area (Å²) in [6, 6.07) is 0.525. The number of carbonyl (C=O) groups excluding carboxylic acids is 1. The molecule has 0 aliphatic carbocycles. The summed E-state index contributed by atoms with van der Waals surface area (Å²) in [6.07, 6.45) is -6.02. The highest BCUT2D eigenvalue weighted by atomic mass is 35.5. The lowest BCUT2D eigenvalue weighted by Crippen LogP contribution is -2.42. The van der Waals surface area contributed by atoms with Crippen molar-refractivity contribution in [2.24, 2.45) is 5.73 Å². The SMILES string of the molecule is CC(C)(C)OC(=O)N(CCN)CC[C@@H](Oc1nc(Cl)c(C(=O)O)cc1F)C(F)F. The third kappa shape index (κ3) is 7.94. The van der Waals surface area contributed by atoms with Crippen LogP contribution in [0, 0.1) is 5.82 Å². The maximum atomic E-state index is 14.0. The third-order valence-corrected chi connectivity index (χ3v) is 3.69. The van der Waals surface area contributed by atoms with Crippen LogP contribution in [0.4, 0.5) is 18.0 Å². The Hall–Kier alpha value is -2.27. The first-order valence-electron chi connectivity index (χ1n) is 8.57. The van der Waals surface area contributed by atoms with Crippen molar-refractivity contribution in [2.45, 2.75) is 45.3 Å². The molecule has 0 unspecified atom stereocenters. The topological polar surface area (TPSA) is 115 Å². The number of pyridine rings is 1. The fraction of sp³-hybridized carbons (Fsp3) is 0.588. The first-order valence-corrected chi connectivity index (χ1v) is 8.95. The Morgan fingerprint density at radius 2 is 1.97 bits per heavy atom. The second-order valence-electron chi connectivity index (χ2n) is 6.95. The summed E-state index contributed by atoms with van der Waals surface area (Å²) in [4.78, 5) is 27.6. The average Bonchev–Trinajstić information content (AvgIpc) is 2.57. The molecule has 1 atom stereocenters. The van der Waals surface area contributed by atoms with Gasteiger partial charge in [0.1, 0.15) is 10.8 Å². The van der Waals surface area contributed by atoms with Crippen LogP contribution in [0.2, 0.25) is 5.15 Å². The van der Waals surface area contributed by atoms with Gasteiger partial charge in [-0.3, -0.25) is 0 Å². The Morgan fingerprint density at radius 3 is 2.45 bits per heavy atom. The highest BCUT2D eigenvalue weighted by Crippen LogP contribution is 2.25. The molecule has 1 rings (SSSR count). The van der Waals surface area contributed by atoms with E-state index in [2.05, 4.69) is 4.98 Å². The van der Waals surface area contributed by atoms with Crippen LogP contribution in [0.1, 0.15) is 37.6 Å². The molecule has 1 aromatic heterocycles. The van der Waals surface area contributed by atoms with Crippen molar-refractivity contribution in [1.82, 2.24) is 9.88 Å². The van der Waals surface area contributed by atoms with E-state index >= 15 is 0 Å².